The number of hydrazone groups is 1. The number of fused-ring (bicyclic) bond motifs is 1. The highest BCUT2D eigenvalue weighted by molar-refractivity contribution is 6.21. The van der Waals surface area contributed by atoms with Crippen LogP contribution in [0.2, 0.25) is 0 Å². The maximum Gasteiger partial charge on any atom is 0.259 e. The van der Waals surface area contributed by atoms with Crippen molar-refractivity contribution in [1.29, 1.82) is 0 Å². The molecule has 0 spiro atoms. The molecule has 1 aromatic carbocycles. The molecule has 1 aliphatic heterocycles. The highest BCUT2D eigenvalue weighted by Crippen LogP contribution is 2.34. The fourth-order valence-corrected chi connectivity index (χ4v) is 3.56. The van der Waals surface area contributed by atoms with Crippen molar-refractivity contribution in [2.45, 2.75) is 37.7 Å². The number of halogens is 1. The summed E-state index contributed by atoms with van der Waals surface area (Å²) in [5.74, 6) is -1.20. The third kappa shape index (κ3) is 4.98. The molecule has 0 radical (unpaired) electrons. The summed E-state index contributed by atoms with van der Waals surface area (Å²) in [5, 5.41) is 6.27. The van der Waals surface area contributed by atoms with Crippen LogP contribution in [0.25, 0.3) is 0 Å². The molecule has 2 aliphatic rings. The number of benzene rings is 1. The quantitative estimate of drug-likeness (QED) is 0.447. The van der Waals surface area contributed by atoms with Crippen LogP contribution in [0, 0.1) is 12.8 Å². The van der Waals surface area contributed by atoms with Crippen LogP contribution in [0.1, 0.15) is 35.2 Å². The van der Waals surface area contributed by atoms with Crippen LogP contribution in [-0.4, -0.2) is 41.8 Å². The average Bonchev–Trinajstić information content (AvgIpc) is 2.69. The van der Waals surface area contributed by atoms with Gasteiger partial charge in [0.15, 0.2) is 5.78 Å². The molecule has 1 saturated carbocycles. The molecule has 3 unspecified atom stereocenters. The zero-order valence-electron chi connectivity index (χ0n) is 15.5. The Morgan fingerprint density at radius 2 is 2.04 bits per heavy atom. The van der Waals surface area contributed by atoms with E-state index >= 15 is 0 Å². The summed E-state index contributed by atoms with van der Waals surface area (Å²) in [7, 11) is 0. The largest absolute Gasteiger partial charge is 0.496 e. The number of Topliss-reactive ketones (excluding diaryl/α,β-unsaturated/α-hetero) is 1. The number of carbonyl (C=O) groups excluding carboxylic acids is 3. The molecule has 1 aliphatic carbocycles. The molecule has 1 heterocycles. The number of amides is 2. The van der Waals surface area contributed by atoms with Crippen LogP contribution in [0.4, 0.5) is 0 Å². The molecule has 0 bridgehead atoms. The van der Waals surface area contributed by atoms with Crippen LogP contribution < -0.4 is 10.7 Å². The topological polar surface area (TPSA) is 96.9 Å². The van der Waals surface area contributed by atoms with E-state index in [0.717, 1.165) is 18.4 Å². The van der Waals surface area contributed by atoms with Gasteiger partial charge in [0, 0.05) is 10.9 Å². The molecule has 3 atom stereocenters. The third-order valence-corrected chi connectivity index (χ3v) is 5.23. The smallest absolute Gasteiger partial charge is 0.259 e. The van der Waals surface area contributed by atoms with E-state index < -0.39 is 5.91 Å². The molecule has 148 valence electrons. The Morgan fingerprint density at radius 3 is 2.79 bits per heavy atom. The van der Waals surface area contributed by atoms with E-state index in [0.29, 0.717) is 12.0 Å². The maximum atomic E-state index is 12.5. The number of carbonyl (C=O) groups is 3. The Kier molecular flexibility index (Phi) is 6.46. The molecule has 28 heavy (non-hydrogen) atoms. The molecule has 1 fully saturated rings. The van der Waals surface area contributed by atoms with Crippen LogP contribution in [-0.2, 0) is 14.3 Å². The van der Waals surface area contributed by atoms with Gasteiger partial charge in [-0.3, -0.25) is 14.4 Å². The Bertz CT molecular complexity index is 819. The van der Waals surface area contributed by atoms with Crippen molar-refractivity contribution in [1.82, 2.24) is 10.7 Å². The third-order valence-electron chi connectivity index (χ3n) is 4.83. The molecule has 8 heteroatoms. The van der Waals surface area contributed by atoms with Crippen LogP contribution >= 0.6 is 11.6 Å². The van der Waals surface area contributed by atoms with Crippen molar-refractivity contribution < 1.29 is 19.1 Å². The van der Waals surface area contributed by atoms with E-state index in [4.69, 9.17) is 16.3 Å². The Labute approximate surface area is 168 Å². The van der Waals surface area contributed by atoms with Crippen molar-refractivity contribution in [3.8, 4) is 0 Å². The Morgan fingerprint density at radius 1 is 1.29 bits per heavy atom. The van der Waals surface area contributed by atoms with Crippen molar-refractivity contribution >= 4 is 35.4 Å². The molecule has 1 aromatic rings. The van der Waals surface area contributed by atoms with Gasteiger partial charge in [-0.15, -0.1) is 11.6 Å². The summed E-state index contributed by atoms with van der Waals surface area (Å²) < 4.78 is 5.60. The molecular formula is C20H22ClN3O4. The lowest BCUT2D eigenvalue weighted by Gasteiger charge is -2.35. The van der Waals surface area contributed by atoms with Crippen LogP contribution in [0.5, 0.6) is 0 Å². The minimum Gasteiger partial charge on any atom is -0.496 e. The molecule has 2 N–H and O–H groups in total. The summed E-state index contributed by atoms with van der Waals surface area (Å²) in [6.45, 7) is 1.69. The fourth-order valence-electron chi connectivity index (χ4n) is 3.24. The first kappa shape index (κ1) is 20.1. The predicted octanol–water partition coefficient (Wildman–Crippen LogP) is 2.09. The summed E-state index contributed by atoms with van der Waals surface area (Å²) in [6, 6.07) is 7.01. The maximum absolute atomic E-state index is 12.5. The van der Waals surface area contributed by atoms with E-state index in [2.05, 4.69) is 15.8 Å². The second kappa shape index (κ2) is 9.01. The lowest BCUT2D eigenvalue weighted by molar-refractivity contribution is -0.126. The van der Waals surface area contributed by atoms with Crippen LogP contribution in [0.3, 0.4) is 0 Å². The van der Waals surface area contributed by atoms with Crippen molar-refractivity contribution in [3.05, 3.63) is 47.2 Å². The van der Waals surface area contributed by atoms with E-state index in [1.54, 1.807) is 12.1 Å². The molecule has 0 aromatic heterocycles. The van der Waals surface area contributed by atoms with Gasteiger partial charge in [0.1, 0.15) is 6.10 Å². The molecule has 7 nitrogen and oxygen atoms in total. The number of alkyl halides is 1. The molecule has 2 amide bonds. The van der Waals surface area contributed by atoms with Crippen LogP contribution in [0.15, 0.2) is 41.2 Å². The van der Waals surface area contributed by atoms with Gasteiger partial charge in [0.2, 0.25) is 0 Å². The minimum absolute atomic E-state index is 0.0260. The first-order valence-electron chi connectivity index (χ1n) is 9.14. The highest BCUT2D eigenvalue weighted by Gasteiger charge is 2.39. The average molecular weight is 404 g/mol. The molecular weight excluding hydrogens is 382 g/mol. The number of allylic oxidation sites excluding steroid dienone is 1. The van der Waals surface area contributed by atoms with Gasteiger partial charge in [-0.2, -0.15) is 5.10 Å². The summed E-state index contributed by atoms with van der Waals surface area (Å²) in [5.41, 5.74) is 4.09. The Balaban J connectivity index is 1.47. The van der Waals surface area contributed by atoms with Gasteiger partial charge < -0.3 is 10.1 Å². The highest BCUT2D eigenvalue weighted by atomic mass is 35.5. The van der Waals surface area contributed by atoms with Gasteiger partial charge in [-0.25, -0.2) is 5.43 Å². The molecule has 3 rings (SSSR count). The first-order chi connectivity index (χ1) is 13.4. The number of hydrogen-bond acceptors (Lipinski definition) is 5. The SMILES string of the molecule is Cc1ccc(C(=O)NCC(=O)N/N=C/C2=COC3CCC(Cl)CC3C2=O)cc1. The van der Waals surface area contributed by atoms with Crippen molar-refractivity contribution in [2.75, 3.05) is 6.54 Å². The van der Waals surface area contributed by atoms with Gasteiger partial charge in [-0.05, 0) is 38.3 Å². The predicted molar refractivity (Wildman–Crippen MR) is 105 cm³/mol. The fraction of sp³-hybridized carbons (Fsp3) is 0.400. The number of rotatable bonds is 5. The molecule has 0 saturated heterocycles. The summed E-state index contributed by atoms with van der Waals surface area (Å²) in [6.07, 6.45) is 4.67. The van der Waals surface area contributed by atoms with Crippen molar-refractivity contribution in [2.24, 2.45) is 11.0 Å². The van der Waals surface area contributed by atoms with Gasteiger partial charge in [-0.1, -0.05) is 17.7 Å². The number of nitrogens with one attached hydrogen (secondary N) is 2. The number of aryl methyl sites for hydroxylation is 1. The zero-order chi connectivity index (χ0) is 20.1. The zero-order valence-corrected chi connectivity index (χ0v) is 16.2. The number of ketones is 1. The van der Waals surface area contributed by atoms with Gasteiger partial charge in [0.05, 0.1) is 30.5 Å². The number of hydrogen-bond donors (Lipinski definition) is 2. The number of nitrogens with zero attached hydrogens (tertiary/aromatic N) is 1. The van der Waals surface area contributed by atoms with Gasteiger partial charge >= 0.3 is 0 Å². The van der Waals surface area contributed by atoms with Gasteiger partial charge in [0.25, 0.3) is 11.8 Å². The second-order valence-electron chi connectivity index (χ2n) is 6.97. The Hall–Kier alpha value is -2.67. The van der Waals surface area contributed by atoms with E-state index in [1.807, 2.05) is 19.1 Å². The first-order valence-corrected chi connectivity index (χ1v) is 9.58. The monoisotopic (exact) mass is 403 g/mol. The lowest BCUT2D eigenvalue weighted by Crippen LogP contribution is -2.40. The van der Waals surface area contributed by atoms with E-state index in [9.17, 15) is 14.4 Å². The normalized spacial score (nSPS) is 24.1. The minimum atomic E-state index is -0.502. The van der Waals surface area contributed by atoms with E-state index in [-0.39, 0.29) is 41.2 Å². The van der Waals surface area contributed by atoms with E-state index in [1.165, 1.54) is 12.5 Å². The van der Waals surface area contributed by atoms with Crippen molar-refractivity contribution in [3.63, 3.8) is 0 Å². The summed E-state index contributed by atoms with van der Waals surface area (Å²) >= 11 is 6.16. The standard InChI is InChI=1S/C20H22ClN3O4/c1-12-2-4-13(5-3-12)20(27)22-10-18(25)24-23-9-14-11-28-17-7-6-15(21)8-16(17)19(14)26/h2-5,9,11,15-17H,6-8,10H2,1H3,(H,22,27)(H,24,25)/b23-9+. The number of ether oxygens (including phenoxy) is 1. The summed E-state index contributed by atoms with van der Waals surface area (Å²) in [4.78, 5) is 36.3. The lowest BCUT2D eigenvalue weighted by atomic mass is 9.80. The second-order valence-corrected chi connectivity index (χ2v) is 7.59.